The van der Waals surface area contributed by atoms with Gasteiger partial charge in [-0.25, -0.2) is 0 Å². The van der Waals surface area contributed by atoms with E-state index in [-0.39, 0.29) is 11.2 Å². The zero-order valence-electron chi connectivity index (χ0n) is 19.3. The molecular formula is C28H27N3O2. The molecule has 0 saturated carbocycles. The Balaban J connectivity index is 1.60. The number of ketones is 1. The van der Waals surface area contributed by atoms with Crippen LogP contribution < -0.4 is 4.90 Å². The minimum Gasteiger partial charge on any atom is -0.375 e. The summed E-state index contributed by atoms with van der Waals surface area (Å²) < 4.78 is 0. The van der Waals surface area contributed by atoms with Crippen molar-refractivity contribution < 1.29 is 9.90 Å². The Hall–Kier alpha value is -3.41. The lowest BCUT2D eigenvalue weighted by atomic mass is 9.68. The molecule has 0 spiro atoms. The first-order chi connectivity index (χ1) is 15.7. The quantitative estimate of drug-likeness (QED) is 0.701. The number of rotatable bonds is 2. The molecule has 1 aliphatic heterocycles. The lowest BCUT2D eigenvalue weighted by Gasteiger charge is -2.39. The molecule has 0 radical (unpaired) electrons. The average molecular weight is 438 g/mol. The van der Waals surface area contributed by atoms with E-state index in [1.54, 1.807) is 6.07 Å². The number of carbonyl (C=O) groups excluding carboxylic acids is 1. The third-order valence-corrected chi connectivity index (χ3v) is 7.81. The number of nitrogens with zero attached hydrogens (tertiary/aromatic N) is 3. The van der Waals surface area contributed by atoms with Crippen molar-refractivity contribution >= 4 is 17.0 Å². The fourth-order valence-corrected chi connectivity index (χ4v) is 5.73. The number of aryl methyl sites for hydroxylation is 1. The minimum atomic E-state index is -1.25. The van der Waals surface area contributed by atoms with Gasteiger partial charge >= 0.3 is 0 Å². The van der Waals surface area contributed by atoms with Crippen LogP contribution in [-0.2, 0) is 18.3 Å². The van der Waals surface area contributed by atoms with Crippen molar-refractivity contribution in [1.82, 2.24) is 0 Å². The van der Waals surface area contributed by atoms with Gasteiger partial charge in [-0.05, 0) is 64.9 Å². The van der Waals surface area contributed by atoms with E-state index in [1.165, 1.54) is 0 Å². The lowest BCUT2D eigenvalue weighted by Crippen LogP contribution is -2.44. The molecule has 1 heterocycles. The normalized spacial score (nSPS) is 19.9. The molecule has 2 aliphatic carbocycles. The zero-order valence-corrected chi connectivity index (χ0v) is 19.3. The maximum absolute atomic E-state index is 13.8. The molecule has 0 aromatic heterocycles. The molecular weight excluding hydrogens is 410 g/mol. The number of allylic oxidation sites excluding steroid dienone is 2. The molecule has 0 amide bonds. The molecule has 0 unspecified atom stereocenters. The van der Waals surface area contributed by atoms with Crippen LogP contribution in [0.1, 0.15) is 71.8 Å². The smallest absolute Gasteiger partial charge is 0.193 e. The third-order valence-electron chi connectivity index (χ3n) is 7.81. The summed E-state index contributed by atoms with van der Waals surface area (Å²) in [4.78, 5) is 16.0. The number of nitriles is 2. The Morgan fingerprint density at radius 3 is 2.45 bits per heavy atom. The number of benzene rings is 2. The highest BCUT2D eigenvalue weighted by molar-refractivity contribution is 6.33. The van der Waals surface area contributed by atoms with E-state index < -0.39 is 5.60 Å². The highest BCUT2D eigenvalue weighted by Crippen LogP contribution is 2.51. The number of anilines is 1. The first-order valence-electron chi connectivity index (χ1n) is 11.6. The van der Waals surface area contributed by atoms with E-state index in [1.807, 2.05) is 18.2 Å². The highest BCUT2D eigenvalue weighted by atomic mass is 16.3. The molecule has 166 valence electrons. The highest BCUT2D eigenvalue weighted by Gasteiger charge is 2.43. The second-order valence-electron chi connectivity index (χ2n) is 9.98. The predicted octanol–water partition coefficient (Wildman–Crippen LogP) is 4.46. The molecule has 5 rings (SSSR count). The van der Waals surface area contributed by atoms with Crippen LogP contribution in [-0.4, -0.2) is 29.6 Å². The van der Waals surface area contributed by atoms with Crippen LogP contribution >= 0.6 is 0 Å². The summed E-state index contributed by atoms with van der Waals surface area (Å²) in [5, 5.41) is 28.9. The molecule has 1 saturated heterocycles. The third kappa shape index (κ3) is 3.11. The van der Waals surface area contributed by atoms with E-state index in [0.29, 0.717) is 37.9 Å². The van der Waals surface area contributed by atoms with Crippen LogP contribution in [0.25, 0.3) is 5.57 Å². The van der Waals surface area contributed by atoms with Crippen molar-refractivity contribution in [2.45, 2.75) is 57.5 Å². The SMILES string of the molecule is CCc1cc2c(cc1N1CCC(O)(C#N)CC1)C(C)(C)C1=C(C2=O)c2ccc(C#N)cc2C1. The summed E-state index contributed by atoms with van der Waals surface area (Å²) in [5.41, 5.74) is 7.00. The Bertz CT molecular complexity index is 1310. The molecule has 2 aromatic carbocycles. The number of hydrogen-bond acceptors (Lipinski definition) is 5. The van der Waals surface area contributed by atoms with Gasteiger partial charge in [0.15, 0.2) is 11.4 Å². The summed E-state index contributed by atoms with van der Waals surface area (Å²) >= 11 is 0. The van der Waals surface area contributed by atoms with Crippen molar-refractivity contribution in [1.29, 1.82) is 10.5 Å². The van der Waals surface area contributed by atoms with E-state index in [9.17, 15) is 20.4 Å². The van der Waals surface area contributed by atoms with Crippen molar-refractivity contribution in [2.75, 3.05) is 18.0 Å². The molecule has 33 heavy (non-hydrogen) atoms. The minimum absolute atomic E-state index is 0.0709. The number of Topliss-reactive ketones (excluding diaryl/α,β-unsaturated/α-hetero) is 1. The fourth-order valence-electron chi connectivity index (χ4n) is 5.73. The van der Waals surface area contributed by atoms with Gasteiger partial charge in [-0.15, -0.1) is 0 Å². The van der Waals surface area contributed by atoms with Crippen LogP contribution in [0.15, 0.2) is 35.9 Å². The monoisotopic (exact) mass is 437 g/mol. The van der Waals surface area contributed by atoms with E-state index in [0.717, 1.165) is 51.1 Å². The Morgan fingerprint density at radius 1 is 1.09 bits per heavy atom. The second-order valence-corrected chi connectivity index (χ2v) is 9.98. The van der Waals surface area contributed by atoms with Crippen LogP contribution in [0.4, 0.5) is 5.69 Å². The van der Waals surface area contributed by atoms with Gasteiger partial charge in [-0.1, -0.05) is 26.8 Å². The van der Waals surface area contributed by atoms with Crippen LogP contribution in [0.2, 0.25) is 0 Å². The number of aliphatic hydroxyl groups is 1. The summed E-state index contributed by atoms with van der Waals surface area (Å²) in [7, 11) is 0. The maximum Gasteiger partial charge on any atom is 0.193 e. The Morgan fingerprint density at radius 2 is 1.82 bits per heavy atom. The van der Waals surface area contributed by atoms with Gasteiger partial charge in [-0.3, -0.25) is 4.79 Å². The summed E-state index contributed by atoms with van der Waals surface area (Å²) in [6.45, 7) is 7.69. The molecule has 5 nitrogen and oxygen atoms in total. The Kier molecular flexibility index (Phi) is 4.74. The topological polar surface area (TPSA) is 88.1 Å². The van der Waals surface area contributed by atoms with Crippen LogP contribution in [0.3, 0.4) is 0 Å². The van der Waals surface area contributed by atoms with Gasteiger partial charge in [0.05, 0.1) is 17.7 Å². The molecule has 5 heteroatoms. The zero-order chi connectivity index (χ0) is 23.5. The predicted molar refractivity (Wildman–Crippen MR) is 127 cm³/mol. The van der Waals surface area contributed by atoms with Gasteiger partial charge in [0.1, 0.15) is 0 Å². The molecule has 0 bridgehead atoms. The largest absolute Gasteiger partial charge is 0.375 e. The first-order valence-corrected chi connectivity index (χ1v) is 11.6. The number of fused-ring (bicyclic) bond motifs is 3. The Labute approximate surface area is 194 Å². The number of hydrogen-bond donors (Lipinski definition) is 1. The van der Waals surface area contributed by atoms with Gasteiger partial charge in [0, 0.05) is 48.2 Å². The summed E-state index contributed by atoms with van der Waals surface area (Å²) in [6.07, 6.45) is 2.31. The fraction of sp³-hybridized carbons (Fsp3) is 0.393. The molecule has 1 fully saturated rings. The molecule has 0 atom stereocenters. The molecule has 1 N–H and O–H groups in total. The van der Waals surface area contributed by atoms with Crippen molar-refractivity contribution in [3.05, 3.63) is 69.3 Å². The van der Waals surface area contributed by atoms with Gasteiger partial charge in [0.25, 0.3) is 0 Å². The maximum atomic E-state index is 13.8. The van der Waals surface area contributed by atoms with E-state index in [4.69, 9.17) is 0 Å². The van der Waals surface area contributed by atoms with Crippen LogP contribution in [0.5, 0.6) is 0 Å². The second kappa shape index (κ2) is 7.30. The van der Waals surface area contributed by atoms with Crippen LogP contribution in [0, 0.1) is 22.7 Å². The standard InChI is InChI=1S/C28H27N3O2/c1-4-18-12-21-22(14-24(18)31-9-7-28(33,16-30)8-10-31)27(2,3)23-13-19-11-17(15-29)5-6-20(19)25(23)26(21)32/h5-6,11-12,14,33H,4,7-10,13H2,1-3H3. The van der Waals surface area contributed by atoms with Gasteiger partial charge in [-0.2, -0.15) is 10.5 Å². The van der Waals surface area contributed by atoms with Gasteiger partial charge in [0.2, 0.25) is 0 Å². The van der Waals surface area contributed by atoms with Crippen molar-refractivity contribution in [2.24, 2.45) is 0 Å². The summed E-state index contributed by atoms with van der Waals surface area (Å²) in [6, 6.07) is 14.1. The van der Waals surface area contributed by atoms with Crippen molar-refractivity contribution in [3.63, 3.8) is 0 Å². The van der Waals surface area contributed by atoms with Gasteiger partial charge < -0.3 is 10.0 Å². The first kappa shape index (κ1) is 21.4. The lowest BCUT2D eigenvalue weighted by molar-refractivity contribution is 0.0724. The van der Waals surface area contributed by atoms with E-state index >= 15 is 0 Å². The van der Waals surface area contributed by atoms with Crippen molar-refractivity contribution in [3.8, 4) is 12.1 Å². The van der Waals surface area contributed by atoms with E-state index in [2.05, 4.69) is 43.9 Å². The molecule has 3 aliphatic rings. The number of piperidine rings is 1. The number of carbonyl (C=O) groups is 1. The molecule has 2 aromatic rings. The summed E-state index contributed by atoms with van der Waals surface area (Å²) in [5.74, 6) is 0.0709. The average Bonchev–Trinajstić information content (AvgIpc) is 3.22.